The number of benzene rings is 2. The predicted octanol–water partition coefficient (Wildman–Crippen LogP) is 3.53. The first kappa shape index (κ1) is 10.5. The van der Waals surface area contributed by atoms with E-state index in [0.29, 0.717) is 10.6 Å². The Morgan fingerprint density at radius 3 is 2.71 bits per heavy atom. The quantitative estimate of drug-likeness (QED) is 0.664. The van der Waals surface area contributed by atoms with Crippen molar-refractivity contribution in [2.24, 2.45) is 0 Å². The van der Waals surface area contributed by atoms with Crippen LogP contribution in [0.3, 0.4) is 0 Å². The number of fused-ring (bicyclic) bond motifs is 3. The topological polar surface area (TPSA) is 33.1 Å². The van der Waals surface area contributed by atoms with Crippen molar-refractivity contribution in [1.29, 1.82) is 0 Å². The molecule has 0 aliphatic rings. The Morgan fingerprint density at radius 2 is 1.88 bits per heavy atom. The molecule has 0 unspecified atom stereocenters. The summed E-state index contributed by atoms with van der Waals surface area (Å²) in [6.07, 6.45) is 1.64. The molecule has 3 rings (SSSR count). The Labute approximate surface area is 103 Å². The van der Waals surface area contributed by atoms with Gasteiger partial charge in [-0.25, -0.2) is 0 Å². The first-order chi connectivity index (χ1) is 8.31. The van der Waals surface area contributed by atoms with Gasteiger partial charge < -0.3 is 5.11 Å². The van der Waals surface area contributed by atoms with Gasteiger partial charge in [0.1, 0.15) is 0 Å². The molecule has 2 aromatic carbocycles. The number of rotatable bonds is 1. The lowest BCUT2D eigenvalue weighted by Crippen LogP contribution is -1.90. The molecular weight excluding hydrogens is 234 g/mol. The van der Waals surface area contributed by atoms with E-state index in [1.54, 1.807) is 6.20 Å². The highest BCUT2D eigenvalue weighted by molar-refractivity contribution is 6.36. The van der Waals surface area contributed by atoms with E-state index in [1.165, 1.54) is 0 Å². The molecule has 0 saturated heterocycles. The number of aliphatic hydroxyl groups excluding tert-OH is 1. The van der Waals surface area contributed by atoms with Crippen LogP contribution < -0.4 is 0 Å². The molecule has 0 fully saturated rings. The van der Waals surface area contributed by atoms with Crippen LogP contribution in [-0.2, 0) is 6.61 Å². The molecule has 0 amide bonds. The summed E-state index contributed by atoms with van der Waals surface area (Å²) in [5, 5.41) is 12.9. The molecule has 0 bridgehead atoms. The van der Waals surface area contributed by atoms with E-state index in [0.717, 1.165) is 21.7 Å². The zero-order valence-electron chi connectivity index (χ0n) is 9.02. The molecular formula is C14H10ClNO. The third kappa shape index (κ3) is 1.57. The fourth-order valence-electron chi connectivity index (χ4n) is 2.05. The molecule has 1 heterocycles. The zero-order valence-corrected chi connectivity index (χ0v) is 9.78. The number of halogens is 1. The molecule has 0 atom stereocenters. The van der Waals surface area contributed by atoms with Crippen molar-refractivity contribution in [2.75, 3.05) is 0 Å². The van der Waals surface area contributed by atoms with Crippen LogP contribution in [0.2, 0.25) is 5.02 Å². The molecule has 0 aliphatic heterocycles. The lowest BCUT2D eigenvalue weighted by molar-refractivity contribution is 0.281. The van der Waals surface area contributed by atoms with Crippen molar-refractivity contribution in [3.8, 4) is 0 Å². The van der Waals surface area contributed by atoms with E-state index in [2.05, 4.69) is 4.98 Å². The molecule has 2 nitrogen and oxygen atoms in total. The summed E-state index contributed by atoms with van der Waals surface area (Å²) in [7, 11) is 0. The lowest BCUT2D eigenvalue weighted by Gasteiger charge is -2.07. The number of hydrogen-bond donors (Lipinski definition) is 1. The van der Waals surface area contributed by atoms with Crippen LogP contribution in [0.5, 0.6) is 0 Å². The molecule has 3 heteroatoms. The maximum atomic E-state index is 9.17. The van der Waals surface area contributed by atoms with Crippen molar-refractivity contribution in [3.05, 3.63) is 53.2 Å². The third-order valence-electron chi connectivity index (χ3n) is 2.94. The van der Waals surface area contributed by atoms with E-state index < -0.39 is 0 Å². The van der Waals surface area contributed by atoms with Gasteiger partial charge in [-0.05, 0) is 5.39 Å². The Kier molecular flexibility index (Phi) is 2.46. The van der Waals surface area contributed by atoms with Crippen molar-refractivity contribution in [3.63, 3.8) is 0 Å². The minimum Gasteiger partial charge on any atom is -0.392 e. The maximum Gasteiger partial charge on any atom is 0.0795 e. The fourth-order valence-corrected chi connectivity index (χ4v) is 2.31. The van der Waals surface area contributed by atoms with Gasteiger partial charge in [0, 0.05) is 22.5 Å². The first-order valence-corrected chi connectivity index (χ1v) is 5.75. The number of nitrogens with zero attached hydrogens (tertiary/aromatic N) is 1. The number of hydrogen-bond acceptors (Lipinski definition) is 2. The maximum absolute atomic E-state index is 9.17. The summed E-state index contributed by atoms with van der Waals surface area (Å²) in [6, 6.07) is 12.0. The second kappa shape index (κ2) is 3.99. The van der Waals surface area contributed by atoms with Crippen molar-refractivity contribution >= 4 is 33.3 Å². The Bertz CT molecular complexity index is 709. The summed E-state index contributed by atoms with van der Waals surface area (Å²) in [4.78, 5) is 4.40. The van der Waals surface area contributed by atoms with Crippen molar-refractivity contribution < 1.29 is 5.11 Å². The van der Waals surface area contributed by atoms with Crippen LogP contribution >= 0.6 is 11.6 Å². The standard InChI is InChI=1S/C14H10ClNO/c15-13-10(8-17)7-16-14-11-4-2-1-3-9(11)5-6-12(13)14/h1-7,17H,8H2. The molecule has 1 N–H and O–H groups in total. The summed E-state index contributed by atoms with van der Waals surface area (Å²) < 4.78 is 0. The van der Waals surface area contributed by atoms with Gasteiger partial charge in [0.15, 0.2) is 0 Å². The molecule has 1 aromatic heterocycles. The van der Waals surface area contributed by atoms with Crippen molar-refractivity contribution in [2.45, 2.75) is 6.61 Å². The van der Waals surface area contributed by atoms with Crippen LogP contribution in [0.15, 0.2) is 42.6 Å². The Balaban J connectivity index is 2.49. The molecule has 17 heavy (non-hydrogen) atoms. The molecule has 84 valence electrons. The normalized spacial score (nSPS) is 11.2. The zero-order chi connectivity index (χ0) is 11.8. The summed E-state index contributed by atoms with van der Waals surface area (Å²) in [6.45, 7) is -0.0887. The molecule has 0 saturated carbocycles. The Morgan fingerprint density at radius 1 is 1.06 bits per heavy atom. The largest absolute Gasteiger partial charge is 0.392 e. The second-order valence-corrected chi connectivity index (χ2v) is 4.32. The highest BCUT2D eigenvalue weighted by atomic mass is 35.5. The van der Waals surface area contributed by atoms with E-state index >= 15 is 0 Å². The summed E-state index contributed by atoms with van der Waals surface area (Å²) >= 11 is 6.24. The van der Waals surface area contributed by atoms with Gasteiger partial charge in [-0.2, -0.15) is 0 Å². The second-order valence-electron chi connectivity index (χ2n) is 3.94. The van der Waals surface area contributed by atoms with E-state index in [9.17, 15) is 0 Å². The van der Waals surface area contributed by atoms with Gasteiger partial charge in [-0.15, -0.1) is 0 Å². The predicted molar refractivity (Wildman–Crippen MR) is 70.2 cm³/mol. The number of aromatic nitrogens is 1. The number of pyridine rings is 1. The van der Waals surface area contributed by atoms with Crippen molar-refractivity contribution in [1.82, 2.24) is 4.98 Å². The van der Waals surface area contributed by atoms with Gasteiger partial charge in [0.05, 0.1) is 17.1 Å². The average Bonchev–Trinajstić information content (AvgIpc) is 2.39. The molecule has 0 spiro atoms. The van der Waals surface area contributed by atoms with Gasteiger partial charge in [0.2, 0.25) is 0 Å². The summed E-state index contributed by atoms with van der Waals surface area (Å²) in [5.74, 6) is 0. The monoisotopic (exact) mass is 243 g/mol. The van der Waals surface area contributed by atoms with Gasteiger partial charge in [-0.1, -0.05) is 48.0 Å². The van der Waals surface area contributed by atoms with E-state index in [4.69, 9.17) is 16.7 Å². The molecule has 3 aromatic rings. The minimum atomic E-state index is -0.0887. The van der Waals surface area contributed by atoms with Gasteiger partial charge in [0.25, 0.3) is 0 Å². The number of aliphatic hydroxyl groups is 1. The minimum absolute atomic E-state index is 0.0887. The lowest BCUT2D eigenvalue weighted by atomic mass is 10.1. The Hall–Kier alpha value is -1.64. The highest BCUT2D eigenvalue weighted by Gasteiger charge is 2.08. The van der Waals surface area contributed by atoms with E-state index in [1.807, 2.05) is 36.4 Å². The third-order valence-corrected chi connectivity index (χ3v) is 3.39. The van der Waals surface area contributed by atoms with E-state index in [-0.39, 0.29) is 6.61 Å². The highest BCUT2D eigenvalue weighted by Crippen LogP contribution is 2.30. The van der Waals surface area contributed by atoms with Crippen LogP contribution in [-0.4, -0.2) is 10.1 Å². The van der Waals surface area contributed by atoms with Gasteiger partial charge in [-0.3, -0.25) is 4.98 Å². The van der Waals surface area contributed by atoms with Crippen LogP contribution in [0.25, 0.3) is 21.7 Å². The van der Waals surface area contributed by atoms with Crippen LogP contribution in [0, 0.1) is 0 Å². The average molecular weight is 244 g/mol. The van der Waals surface area contributed by atoms with Crippen LogP contribution in [0.1, 0.15) is 5.56 Å². The van der Waals surface area contributed by atoms with Gasteiger partial charge >= 0.3 is 0 Å². The molecule has 0 aliphatic carbocycles. The first-order valence-electron chi connectivity index (χ1n) is 5.37. The van der Waals surface area contributed by atoms with Crippen LogP contribution in [0.4, 0.5) is 0 Å². The molecule has 0 radical (unpaired) electrons. The summed E-state index contributed by atoms with van der Waals surface area (Å²) in [5.41, 5.74) is 1.54. The SMILES string of the molecule is OCc1cnc2c(ccc3ccccc32)c1Cl. The smallest absolute Gasteiger partial charge is 0.0795 e. The fraction of sp³-hybridized carbons (Fsp3) is 0.0714.